The Balaban J connectivity index is 2.49. The first-order valence-electron chi connectivity index (χ1n) is 9.15. The Morgan fingerprint density at radius 1 is 0.538 bits per heavy atom. The van der Waals surface area contributed by atoms with E-state index in [0.717, 1.165) is 33.4 Å². The molecule has 0 aliphatic heterocycles. The molecule has 0 aromatic heterocycles. The van der Waals surface area contributed by atoms with Gasteiger partial charge in [0.15, 0.2) is 0 Å². The van der Waals surface area contributed by atoms with Gasteiger partial charge in [-0.05, 0) is 46.2 Å². The largest absolute Gasteiger partial charge is 0.507 e. The zero-order valence-electron chi connectivity index (χ0n) is 15.8. The third kappa shape index (κ3) is 3.20. The lowest BCUT2D eigenvalue weighted by atomic mass is 9.80. The molecule has 0 atom stereocenters. The van der Waals surface area contributed by atoms with Crippen LogP contribution in [-0.4, -0.2) is 10.2 Å². The summed E-state index contributed by atoms with van der Waals surface area (Å²) in [5, 5.41) is 21.2. The number of hydrogen-bond acceptors (Lipinski definition) is 2. The predicted octanol–water partition coefficient (Wildman–Crippen LogP) is 6.68. The van der Waals surface area contributed by atoms with Crippen LogP contribution in [0, 0.1) is 0 Å². The molecule has 0 heterocycles. The second-order valence-electron chi connectivity index (χ2n) is 7.34. The van der Waals surface area contributed by atoms with E-state index in [1.54, 1.807) is 12.1 Å². The summed E-state index contributed by atoms with van der Waals surface area (Å²) in [6.45, 7) is 8.62. The fraction of sp³-hybridized carbons (Fsp3) is 0.250. The maximum Gasteiger partial charge on any atom is 0.123 e. The Bertz CT molecular complexity index is 847. The van der Waals surface area contributed by atoms with Crippen molar-refractivity contribution >= 4 is 0 Å². The fourth-order valence-corrected chi connectivity index (χ4v) is 3.55. The lowest BCUT2D eigenvalue weighted by molar-refractivity contribution is 0.476. The second kappa shape index (κ2) is 7.25. The normalized spacial score (nSPS) is 11.3. The number of para-hydroxylation sites is 2. The molecule has 3 aromatic carbocycles. The molecule has 3 aromatic rings. The lowest BCUT2D eigenvalue weighted by Crippen LogP contribution is -2.02. The van der Waals surface area contributed by atoms with Gasteiger partial charge in [0.05, 0.1) is 0 Å². The first-order chi connectivity index (χ1) is 12.4. The number of phenols is 2. The third-order valence-electron chi connectivity index (χ3n) is 4.86. The minimum Gasteiger partial charge on any atom is -0.507 e. The van der Waals surface area contributed by atoms with Crippen LogP contribution in [0.25, 0.3) is 22.3 Å². The maximum absolute atomic E-state index is 10.6. The summed E-state index contributed by atoms with van der Waals surface area (Å²) in [7, 11) is 0. The van der Waals surface area contributed by atoms with Crippen LogP contribution in [0.1, 0.15) is 50.7 Å². The number of phenolic OH excluding ortho intramolecular Hbond substituents is 2. The molecule has 0 aliphatic rings. The van der Waals surface area contributed by atoms with Crippen LogP contribution < -0.4 is 0 Å². The van der Waals surface area contributed by atoms with E-state index in [1.807, 2.05) is 36.4 Å². The zero-order chi connectivity index (χ0) is 18.8. The molecule has 3 rings (SSSR count). The summed E-state index contributed by atoms with van der Waals surface area (Å²) in [5.74, 6) is 1.09. The van der Waals surface area contributed by atoms with E-state index in [4.69, 9.17) is 0 Å². The van der Waals surface area contributed by atoms with E-state index >= 15 is 0 Å². The summed E-state index contributed by atoms with van der Waals surface area (Å²) in [6, 6.07) is 19.2. The van der Waals surface area contributed by atoms with Gasteiger partial charge < -0.3 is 10.2 Å². The average Bonchev–Trinajstić information content (AvgIpc) is 2.61. The van der Waals surface area contributed by atoms with Crippen LogP contribution in [0.4, 0.5) is 0 Å². The fourth-order valence-electron chi connectivity index (χ4n) is 3.55. The Kier molecular flexibility index (Phi) is 5.03. The van der Waals surface area contributed by atoms with Crippen molar-refractivity contribution in [2.45, 2.75) is 39.5 Å². The molecule has 0 unspecified atom stereocenters. The SMILES string of the molecule is CC(C)c1ccc(C(C)C)c(-c2ccccc2O)c1-c1ccccc1O. The topological polar surface area (TPSA) is 40.5 Å². The van der Waals surface area contributed by atoms with Crippen LogP contribution in [0.5, 0.6) is 11.5 Å². The molecular weight excluding hydrogens is 320 g/mol. The highest BCUT2D eigenvalue weighted by molar-refractivity contribution is 5.92. The van der Waals surface area contributed by atoms with Crippen LogP contribution in [0.2, 0.25) is 0 Å². The second-order valence-corrected chi connectivity index (χ2v) is 7.34. The first kappa shape index (κ1) is 18.1. The van der Waals surface area contributed by atoms with Crippen LogP contribution in [0.3, 0.4) is 0 Å². The number of benzene rings is 3. The van der Waals surface area contributed by atoms with Gasteiger partial charge in [0.2, 0.25) is 0 Å². The molecule has 2 nitrogen and oxygen atoms in total. The van der Waals surface area contributed by atoms with E-state index in [0.29, 0.717) is 0 Å². The van der Waals surface area contributed by atoms with Crippen molar-refractivity contribution in [3.8, 4) is 33.8 Å². The van der Waals surface area contributed by atoms with Crippen molar-refractivity contribution in [2.75, 3.05) is 0 Å². The molecule has 0 aliphatic carbocycles. The maximum atomic E-state index is 10.6. The monoisotopic (exact) mass is 346 g/mol. The smallest absolute Gasteiger partial charge is 0.123 e. The Labute approximate surface area is 155 Å². The summed E-state index contributed by atoms with van der Waals surface area (Å²) in [4.78, 5) is 0. The molecule has 0 amide bonds. The number of rotatable bonds is 4. The highest BCUT2D eigenvalue weighted by Crippen LogP contribution is 2.47. The van der Waals surface area contributed by atoms with E-state index < -0.39 is 0 Å². The summed E-state index contributed by atoms with van der Waals surface area (Å²) < 4.78 is 0. The summed E-state index contributed by atoms with van der Waals surface area (Å²) in [6.07, 6.45) is 0. The lowest BCUT2D eigenvalue weighted by Gasteiger charge is -2.24. The van der Waals surface area contributed by atoms with Crippen LogP contribution in [-0.2, 0) is 0 Å². The molecule has 0 saturated heterocycles. The first-order valence-corrected chi connectivity index (χ1v) is 9.15. The quantitative estimate of drug-likeness (QED) is 0.553. The molecule has 26 heavy (non-hydrogen) atoms. The van der Waals surface area contributed by atoms with E-state index in [-0.39, 0.29) is 23.3 Å². The van der Waals surface area contributed by atoms with E-state index in [9.17, 15) is 10.2 Å². The third-order valence-corrected chi connectivity index (χ3v) is 4.86. The van der Waals surface area contributed by atoms with Gasteiger partial charge in [-0.15, -0.1) is 0 Å². The van der Waals surface area contributed by atoms with Crippen molar-refractivity contribution in [2.24, 2.45) is 0 Å². The standard InChI is InChI=1S/C24H26O2/c1-15(2)17-13-14-18(16(3)4)24(20-10-6-8-12-22(20)26)23(17)19-9-5-7-11-21(19)25/h5-16,25-26H,1-4H3. The highest BCUT2D eigenvalue weighted by Gasteiger charge is 2.22. The molecule has 0 bridgehead atoms. The number of aromatic hydroxyl groups is 2. The highest BCUT2D eigenvalue weighted by atomic mass is 16.3. The average molecular weight is 346 g/mol. The number of hydrogen-bond donors (Lipinski definition) is 2. The summed E-state index contributed by atoms with van der Waals surface area (Å²) in [5.41, 5.74) is 5.94. The van der Waals surface area contributed by atoms with Gasteiger partial charge in [-0.25, -0.2) is 0 Å². The Morgan fingerprint density at radius 2 is 0.885 bits per heavy atom. The van der Waals surface area contributed by atoms with Crippen molar-refractivity contribution in [3.63, 3.8) is 0 Å². The van der Waals surface area contributed by atoms with Gasteiger partial charge >= 0.3 is 0 Å². The Morgan fingerprint density at radius 3 is 1.19 bits per heavy atom. The van der Waals surface area contributed by atoms with Crippen molar-refractivity contribution in [1.82, 2.24) is 0 Å². The van der Waals surface area contributed by atoms with Crippen molar-refractivity contribution in [3.05, 3.63) is 71.8 Å². The zero-order valence-corrected chi connectivity index (χ0v) is 15.8. The molecule has 0 saturated carbocycles. The minimum atomic E-state index is 0.256. The molecular formula is C24H26O2. The van der Waals surface area contributed by atoms with Gasteiger partial charge in [0, 0.05) is 11.1 Å². The van der Waals surface area contributed by atoms with Gasteiger partial charge in [0.1, 0.15) is 11.5 Å². The molecule has 2 heteroatoms. The molecule has 0 fully saturated rings. The Hall–Kier alpha value is -2.74. The molecule has 0 radical (unpaired) electrons. The van der Waals surface area contributed by atoms with Crippen LogP contribution >= 0.6 is 0 Å². The van der Waals surface area contributed by atoms with E-state index in [1.165, 1.54) is 0 Å². The van der Waals surface area contributed by atoms with Gasteiger partial charge in [0.25, 0.3) is 0 Å². The van der Waals surface area contributed by atoms with Crippen molar-refractivity contribution < 1.29 is 10.2 Å². The van der Waals surface area contributed by atoms with E-state index in [2.05, 4.69) is 39.8 Å². The predicted molar refractivity (Wildman–Crippen MR) is 109 cm³/mol. The van der Waals surface area contributed by atoms with Crippen molar-refractivity contribution in [1.29, 1.82) is 0 Å². The molecule has 0 spiro atoms. The minimum absolute atomic E-state index is 0.256. The molecule has 134 valence electrons. The van der Waals surface area contributed by atoms with Gasteiger partial charge in [-0.1, -0.05) is 76.2 Å². The van der Waals surface area contributed by atoms with Gasteiger partial charge in [-0.2, -0.15) is 0 Å². The van der Waals surface area contributed by atoms with Crippen LogP contribution in [0.15, 0.2) is 60.7 Å². The molecule has 2 N–H and O–H groups in total. The summed E-state index contributed by atoms with van der Waals surface area (Å²) >= 11 is 0. The van der Waals surface area contributed by atoms with Gasteiger partial charge in [-0.3, -0.25) is 0 Å².